The molecule has 0 aliphatic heterocycles. The fourth-order valence-corrected chi connectivity index (χ4v) is 4.25. The van der Waals surface area contributed by atoms with E-state index >= 15 is 0 Å². The van der Waals surface area contributed by atoms with Crippen molar-refractivity contribution in [2.75, 3.05) is 6.54 Å². The Balaban J connectivity index is 1.94. The number of aromatic nitrogens is 1. The van der Waals surface area contributed by atoms with Crippen molar-refractivity contribution in [2.45, 2.75) is 17.5 Å². The third kappa shape index (κ3) is 3.97. The molecule has 2 aromatic heterocycles. The Kier molecular flexibility index (Phi) is 4.91. The normalized spacial score (nSPS) is 12.6. The van der Waals surface area contributed by atoms with Gasteiger partial charge in [0.2, 0.25) is 15.6 Å². The summed E-state index contributed by atoms with van der Waals surface area (Å²) in [5, 5.41) is 1.49. The molecular formula is C16H13F3N2O3S2. The molecule has 10 heteroatoms. The molecular weight excluding hydrogens is 389 g/mol. The van der Waals surface area contributed by atoms with Crippen molar-refractivity contribution in [1.82, 2.24) is 9.71 Å². The van der Waals surface area contributed by atoms with E-state index in [4.69, 9.17) is 0 Å². The number of pyridine rings is 1. The van der Waals surface area contributed by atoms with E-state index in [0.717, 1.165) is 23.1 Å². The molecule has 0 saturated carbocycles. The van der Waals surface area contributed by atoms with Crippen LogP contribution < -0.4 is 10.3 Å². The SMILES string of the molecule is O=c1cc(C(F)(F)F)c2cc(S(=O)(=O)NCCc3cccs3)ccc2[nH]1. The van der Waals surface area contributed by atoms with E-state index in [-0.39, 0.29) is 22.3 Å². The number of H-pyrrole nitrogens is 1. The number of hydrogen-bond acceptors (Lipinski definition) is 4. The maximum atomic E-state index is 13.2. The summed E-state index contributed by atoms with van der Waals surface area (Å²) >= 11 is 1.48. The predicted octanol–water partition coefficient (Wildman–Crippen LogP) is 3.13. The van der Waals surface area contributed by atoms with Crippen LogP contribution in [0.5, 0.6) is 0 Å². The molecule has 0 aliphatic carbocycles. The lowest BCUT2D eigenvalue weighted by Gasteiger charge is -2.12. The Labute approximate surface area is 150 Å². The van der Waals surface area contributed by atoms with Gasteiger partial charge in [-0.05, 0) is 36.1 Å². The van der Waals surface area contributed by atoms with Crippen LogP contribution in [-0.4, -0.2) is 19.9 Å². The molecule has 1 aromatic carbocycles. The Hall–Kier alpha value is -2.17. The van der Waals surface area contributed by atoms with Gasteiger partial charge >= 0.3 is 6.18 Å². The van der Waals surface area contributed by atoms with Crippen LogP contribution >= 0.6 is 11.3 Å². The van der Waals surface area contributed by atoms with E-state index in [1.165, 1.54) is 11.3 Å². The summed E-state index contributed by atoms with van der Waals surface area (Å²) in [6.45, 7) is 0.124. The number of aromatic amines is 1. The molecule has 3 rings (SSSR count). The van der Waals surface area contributed by atoms with Crippen molar-refractivity contribution < 1.29 is 21.6 Å². The van der Waals surface area contributed by atoms with Gasteiger partial charge in [-0.3, -0.25) is 4.79 Å². The second kappa shape index (κ2) is 6.86. The largest absolute Gasteiger partial charge is 0.417 e. The van der Waals surface area contributed by atoms with Crippen molar-refractivity contribution in [1.29, 1.82) is 0 Å². The number of fused-ring (bicyclic) bond motifs is 1. The quantitative estimate of drug-likeness (QED) is 0.688. The van der Waals surface area contributed by atoms with Crippen LogP contribution in [0.3, 0.4) is 0 Å². The van der Waals surface area contributed by atoms with Gasteiger partial charge in [0, 0.05) is 28.4 Å². The second-order valence-electron chi connectivity index (χ2n) is 5.48. The molecule has 2 N–H and O–H groups in total. The number of rotatable bonds is 5. The number of alkyl halides is 3. The van der Waals surface area contributed by atoms with Crippen LogP contribution in [0.1, 0.15) is 10.4 Å². The van der Waals surface area contributed by atoms with Crippen LogP contribution in [0.25, 0.3) is 10.9 Å². The number of halogens is 3. The molecule has 0 unspecified atom stereocenters. The lowest BCUT2D eigenvalue weighted by Crippen LogP contribution is -2.26. The molecule has 0 fully saturated rings. The van der Waals surface area contributed by atoms with Gasteiger partial charge in [-0.2, -0.15) is 13.2 Å². The van der Waals surface area contributed by atoms with Gasteiger partial charge < -0.3 is 4.98 Å². The smallest absolute Gasteiger partial charge is 0.322 e. The van der Waals surface area contributed by atoms with E-state index in [1.54, 1.807) is 0 Å². The summed E-state index contributed by atoms with van der Waals surface area (Å²) in [5.41, 5.74) is -2.16. The van der Waals surface area contributed by atoms with Crippen LogP contribution in [0, 0.1) is 0 Å². The number of thiophene rings is 1. The number of nitrogens with one attached hydrogen (secondary N) is 2. The molecule has 0 radical (unpaired) electrons. The highest BCUT2D eigenvalue weighted by molar-refractivity contribution is 7.89. The molecule has 0 bridgehead atoms. The lowest BCUT2D eigenvalue weighted by atomic mass is 10.1. The zero-order valence-electron chi connectivity index (χ0n) is 13.1. The van der Waals surface area contributed by atoms with Crippen LogP contribution in [0.4, 0.5) is 13.2 Å². The number of sulfonamides is 1. The van der Waals surface area contributed by atoms with E-state index < -0.39 is 27.3 Å². The predicted molar refractivity (Wildman–Crippen MR) is 92.8 cm³/mol. The monoisotopic (exact) mass is 402 g/mol. The zero-order chi connectivity index (χ0) is 18.9. The Morgan fingerprint density at radius 3 is 2.58 bits per heavy atom. The van der Waals surface area contributed by atoms with E-state index in [2.05, 4.69) is 9.71 Å². The third-order valence-electron chi connectivity index (χ3n) is 3.67. The van der Waals surface area contributed by atoms with Crippen LogP contribution in [0.2, 0.25) is 0 Å². The van der Waals surface area contributed by atoms with E-state index in [9.17, 15) is 26.4 Å². The molecule has 0 aliphatic rings. The number of hydrogen-bond donors (Lipinski definition) is 2. The summed E-state index contributed by atoms with van der Waals surface area (Å²) in [6, 6.07) is 7.36. The lowest BCUT2D eigenvalue weighted by molar-refractivity contribution is -0.136. The van der Waals surface area contributed by atoms with Gasteiger partial charge in [0.25, 0.3) is 0 Å². The van der Waals surface area contributed by atoms with Crippen molar-refractivity contribution in [2.24, 2.45) is 0 Å². The van der Waals surface area contributed by atoms with E-state index in [0.29, 0.717) is 12.5 Å². The Morgan fingerprint density at radius 1 is 1.15 bits per heavy atom. The fourth-order valence-electron chi connectivity index (χ4n) is 2.48. The Bertz CT molecular complexity index is 1090. The first-order valence-corrected chi connectivity index (χ1v) is 9.79. The minimum absolute atomic E-state index is 0.0811. The summed E-state index contributed by atoms with van der Waals surface area (Å²) in [6.07, 6.45) is -4.30. The van der Waals surface area contributed by atoms with Gasteiger partial charge in [0.1, 0.15) is 0 Å². The highest BCUT2D eigenvalue weighted by Crippen LogP contribution is 2.34. The molecule has 3 aromatic rings. The fraction of sp³-hybridized carbons (Fsp3) is 0.188. The second-order valence-corrected chi connectivity index (χ2v) is 8.28. The molecule has 0 atom stereocenters. The average Bonchev–Trinajstić information content (AvgIpc) is 3.06. The number of benzene rings is 1. The summed E-state index contributed by atoms with van der Waals surface area (Å²) in [5.74, 6) is 0. The minimum Gasteiger partial charge on any atom is -0.322 e. The minimum atomic E-state index is -4.78. The van der Waals surface area contributed by atoms with Gasteiger partial charge in [0.15, 0.2) is 0 Å². The van der Waals surface area contributed by atoms with Crippen molar-refractivity contribution in [3.8, 4) is 0 Å². The first kappa shape index (κ1) is 18.6. The van der Waals surface area contributed by atoms with Gasteiger partial charge in [-0.25, -0.2) is 13.1 Å². The highest BCUT2D eigenvalue weighted by atomic mass is 32.2. The first-order valence-electron chi connectivity index (χ1n) is 7.43. The zero-order valence-corrected chi connectivity index (χ0v) is 14.8. The summed E-state index contributed by atoms with van der Waals surface area (Å²) < 4.78 is 66.6. The third-order valence-corrected chi connectivity index (χ3v) is 6.07. The molecule has 0 saturated heterocycles. The Morgan fingerprint density at radius 2 is 1.92 bits per heavy atom. The molecule has 26 heavy (non-hydrogen) atoms. The van der Waals surface area contributed by atoms with Crippen molar-refractivity contribution in [3.05, 3.63) is 62.6 Å². The summed E-state index contributed by atoms with van der Waals surface area (Å²) in [4.78, 5) is 14.4. The molecule has 0 spiro atoms. The first-order chi connectivity index (χ1) is 12.2. The molecule has 5 nitrogen and oxygen atoms in total. The van der Waals surface area contributed by atoms with Gasteiger partial charge in [0.05, 0.1) is 10.5 Å². The molecule has 138 valence electrons. The summed E-state index contributed by atoms with van der Waals surface area (Å²) in [7, 11) is -3.98. The van der Waals surface area contributed by atoms with Gasteiger partial charge in [-0.1, -0.05) is 6.07 Å². The average molecular weight is 402 g/mol. The van der Waals surface area contributed by atoms with Crippen molar-refractivity contribution in [3.63, 3.8) is 0 Å². The topological polar surface area (TPSA) is 79.0 Å². The van der Waals surface area contributed by atoms with Crippen molar-refractivity contribution >= 4 is 32.3 Å². The molecule has 2 heterocycles. The van der Waals surface area contributed by atoms with Crippen LogP contribution in [0.15, 0.2) is 51.5 Å². The van der Waals surface area contributed by atoms with E-state index in [1.807, 2.05) is 17.5 Å². The molecule has 0 amide bonds. The van der Waals surface area contributed by atoms with Gasteiger partial charge in [-0.15, -0.1) is 11.3 Å². The van der Waals surface area contributed by atoms with Crippen LogP contribution in [-0.2, 0) is 22.6 Å². The highest BCUT2D eigenvalue weighted by Gasteiger charge is 2.33. The standard InChI is InChI=1S/C16H13F3N2O3S2/c17-16(18,19)13-9-15(22)21-14-4-3-11(8-12(13)14)26(23,24)20-6-5-10-2-1-7-25-10/h1-4,7-9,20H,5-6H2,(H,21,22). The maximum absolute atomic E-state index is 13.2. The maximum Gasteiger partial charge on any atom is 0.417 e.